The number of fused-ring (bicyclic) bond motifs is 2. The van der Waals surface area contributed by atoms with E-state index in [4.69, 9.17) is 21.1 Å². The van der Waals surface area contributed by atoms with Gasteiger partial charge in [-0.25, -0.2) is 4.79 Å². The summed E-state index contributed by atoms with van der Waals surface area (Å²) in [6.07, 6.45) is 0.659. The highest BCUT2D eigenvalue weighted by molar-refractivity contribution is 6.40. The fourth-order valence-electron chi connectivity index (χ4n) is 3.19. The van der Waals surface area contributed by atoms with E-state index in [0.29, 0.717) is 11.4 Å². The Morgan fingerprint density at radius 3 is 2.45 bits per heavy atom. The summed E-state index contributed by atoms with van der Waals surface area (Å²) in [5.41, 5.74) is -0.0907. The molecule has 1 unspecified atom stereocenters. The van der Waals surface area contributed by atoms with Crippen LogP contribution in [0.5, 0.6) is 0 Å². The summed E-state index contributed by atoms with van der Waals surface area (Å²) >= 11 is 6.66. The maximum atomic E-state index is 12.2. The first-order valence-corrected chi connectivity index (χ1v) is 10.1. The van der Waals surface area contributed by atoms with Crippen LogP contribution in [0.4, 0.5) is 0 Å². The lowest BCUT2D eigenvalue weighted by molar-refractivity contribution is -0.169. The molecule has 4 nitrogen and oxygen atoms in total. The number of halogens is 1. The quantitative estimate of drug-likeness (QED) is 0.367. The van der Waals surface area contributed by atoms with Gasteiger partial charge in [0.05, 0.1) is 10.9 Å². The molecule has 3 aromatic rings. The highest BCUT2D eigenvalue weighted by Gasteiger charge is 2.27. The molecule has 0 saturated carbocycles. The van der Waals surface area contributed by atoms with Crippen molar-refractivity contribution in [2.75, 3.05) is 6.61 Å². The van der Waals surface area contributed by atoms with Gasteiger partial charge in [-0.1, -0.05) is 61.8 Å². The van der Waals surface area contributed by atoms with E-state index in [1.807, 2.05) is 49.4 Å². The number of esters is 2. The number of hydrogen-bond acceptors (Lipinski definition) is 4. The topological polar surface area (TPSA) is 52.6 Å². The van der Waals surface area contributed by atoms with Gasteiger partial charge < -0.3 is 9.47 Å². The molecule has 0 aliphatic heterocycles. The van der Waals surface area contributed by atoms with Crippen molar-refractivity contribution in [3.63, 3.8) is 0 Å². The summed E-state index contributed by atoms with van der Waals surface area (Å²) in [4.78, 5) is 24.0. The normalized spacial score (nSPS) is 12.7. The molecule has 5 heteroatoms. The van der Waals surface area contributed by atoms with Crippen LogP contribution in [0.3, 0.4) is 0 Å². The lowest BCUT2D eigenvalue weighted by Gasteiger charge is -2.26. The first kappa shape index (κ1) is 21.1. The van der Waals surface area contributed by atoms with Gasteiger partial charge in [-0.05, 0) is 48.7 Å². The van der Waals surface area contributed by atoms with Crippen molar-refractivity contribution in [1.82, 2.24) is 0 Å². The molecule has 152 valence electrons. The highest BCUT2D eigenvalue weighted by atomic mass is 35.5. The Labute approximate surface area is 175 Å². The molecule has 0 aliphatic rings. The minimum absolute atomic E-state index is 0.242. The van der Waals surface area contributed by atoms with Crippen molar-refractivity contribution in [2.24, 2.45) is 5.92 Å². The van der Waals surface area contributed by atoms with E-state index in [1.165, 1.54) is 0 Å². The second-order valence-corrected chi connectivity index (χ2v) is 8.13. The molecule has 0 radical (unpaired) electrons. The summed E-state index contributed by atoms with van der Waals surface area (Å²) < 4.78 is 10.6. The smallest absolute Gasteiger partial charge is 0.345 e. The molecular weight excluding hydrogens is 388 g/mol. The van der Waals surface area contributed by atoms with Crippen molar-refractivity contribution in [3.05, 3.63) is 59.1 Å². The average Bonchev–Trinajstić information content (AvgIpc) is 2.71. The maximum Gasteiger partial charge on any atom is 0.345 e. The zero-order valence-corrected chi connectivity index (χ0v) is 17.9. The molecule has 3 aromatic carbocycles. The first-order chi connectivity index (χ1) is 13.7. The Kier molecular flexibility index (Phi) is 6.13. The summed E-state index contributed by atoms with van der Waals surface area (Å²) in [6.45, 7) is 6.86. The van der Waals surface area contributed by atoms with Crippen molar-refractivity contribution >= 4 is 45.1 Å². The maximum absolute atomic E-state index is 12.2. The van der Waals surface area contributed by atoms with Crippen molar-refractivity contribution in [2.45, 2.75) is 39.7 Å². The van der Waals surface area contributed by atoms with Crippen LogP contribution in [-0.4, -0.2) is 18.5 Å². The number of carbonyl (C=O) groups excluding carboxylic acids is 2. The predicted octanol–water partition coefficient (Wildman–Crippen LogP) is 6.01. The number of ether oxygens (including phenoxy) is 2. The van der Waals surface area contributed by atoms with Crippen LogP contribution >= 0.6 is 11.6 Å². The third-order valence-corrected chi connectivity index (χ3v) is 5.62. The fourth-order valence-corrected chi connectivity index (χ4v) is 3.53. The molecule has 29 heavy (non-hydrogen) atoms. The zero-order chi connectivity index (χ0) is 21.2. The van der Waals surface area contributed by atoms with Crippen LogP contribution in [0, 0.1) is 5.92 Å². The molecule has 0 N–H and O–H groups in total. The lowest BCUT2D eigenvalue weighted by atomic mass is 9.94. The Morgan fingerprint density at radius 2 is 1.72 bits per heavy atom. The van der Waals surface area contributed by atoms with Gasteiger partial charge in [0, 0.05) is 10.8 Å². The SMILES string of the molecule is CCC(C)C(=O)OCC(=O)OC(C)(C)c1ccc2cc3ccccc3c(Cl)c2c1. The van der Waals surface area contributed by atoms with Crippen LogP contribution in [-0.2, 0) is 24.7 Å². The Balaban J connectivity index is 1.82. The second kappa shape index (κ2) is 8.42. The van der Waals surface area contributed by atoms with E-state index in [-0.39, 0.29) is 5.92 Å². The van der Waals surface area contributed by atoms with E-state index in [2.05, 4.69) is 6.07 Å². The lowest BCUT2D eigenvalue weighted by Crippen LogP contribution is -2.29. The molecule has 0 saturated heterocycles. The largest absolute Gasteiger partial charge is 0.453 e. The molecule has 0 fully saturated rings. The molecule has 1 atom stereocenters. The van der Waals surface area contributed by atoms with E-state index >= 15 is 0 Å². The minimum atomic E-state index is -0.900. The molecule has 3 rings (SSSR count). The van der Waals surface area contributed by atoms with E-state index in [1.54, 1.807) is 20.8 Å². The van der Waals surface area contributed by atoms with Gasteiger partial charge in [0.1, 0.15) is 5.60 Å². The zero-order valence-electron chi connectivity index (χ0n) is 17.1. The van der Waals surface area contributed by atoms with Gasteiger partial charge >= 0.3 is 11.9 Å². The average molecular weight is 413 g/mol. The molecular formula is C24H25ClO4. The van der Waals surface area contributed by atoms with Crippen molar-refractivity contribution in [1.29, 1.82) is 0 Å². The van der Waals surface area contributed by atoms with Crippen LogP contribution in [0.25, 0.3) is 21.5 Å². The summed E-state index contributed by atoms with van der Waals surface area (Å²) in [7, 11) is 0. The van der Waals surface area contributed by atoms with Gasteiger partial charge in [-0.3, -0.25) is 4.79 Å². The van der Waals surface area contributed by atoms with Crippen LogP contribution in [0.15, 0.2) is 48.5 Å². The number of rotatable bonds is 6. The predicted molar refractivity (Wildman–Crippen MR) is 116 cm³/mol. The second-order valence-electron chi connectivity index (χ2n) is 7.75. The molecule has 0 heterocycles. The Hall–Kier alpha value is -2.59. The van der Waals surface area contributed by atoms with Crippen molar-refractivity contribution < 1.29 is 19.1 Å². The number of hydrogen-bond donors (Lipinski definition) is 0. The minimum Gasteiger partial charge on any atom is -0.453 e. The Morgan fingerprint density at radius 1 is 1.03 bits per heavy atom. The van der Waals surface area contributed by atoms with Gasteiger partial charge in [0.25, 0.3) is 0 Å². The molecule has 0 bridgehead atoms. The van der Waals surface area contributed by atoms with Gasteiger partial charge in [0.2, 0.25) is 0 Å². The fraction of sp³-hybridized carbons (Fsp3) is 0.333. The third kappa shape index (κ3) is 4.54. The van der Waals surface area contributed by atoms with E-state index in [9.17, 15) is 9.59 Å². The number of carbonyl (C=O) groups is 2. The van der Waals surface area contributed by atoms with Crippen LogP contribution in [0.1, 0.15) is 39.7 Å². The highest BCUT2D eigenvalue weighted by Crippen LogP contribution is 2.35. The van der Waals surface area contributed by atoms with Gasteiger partial charge in [-0.2, -0.15) is 0 Å². The number of benzene rings is 3. The first-order valence-electron chi connectivity index (χ1n) is 9.73. The van der Waals surface area contributed by atoms with Crippen molar-refractivity contribution in [3.8, 4) is 0 Å². The summed E-state index contributed by atoms with van der Waals surface area (Å²) in [6, 6.07) is 15.9. The molecule has 0 spiro atoms. The monoisotopic (exact) mass is 412 g/mol. The molecule has 0 aromatic heterocycles. The van der Waals surface area contributed by atoms with E-state index in [0.717, 1.165) is 27.1 Å². The Bertz CT molecular complexity index is 1070. The molecule has 0 aliphatic carbocycles. The third-order valence-electron chi connectivity index (χ3n) is 5.21. The van der Waals surface area contributed by atoms with Crippen LogP contribution < -0.4 is 0 Å². The van der Waals surface area contributed by atoms with E-state index < -0.39 is 24.1 Å². The summed E-state index contributed by atoms with van der Waals surface area (Å²) in [5.74, 6) is -1.23. The summed E-state index contributed by atoms with van der Waals surface area (Å²) in [5, 5.41) is 4.64. The van der Waals surface area contributed by atoms with Gasteiger partial charge in [-0.15, -0.1) is 0 Å². The standard InChI is InChI=1S/C24H25ClO4/c1-5-15(2)23(27)28-14-21(26)29-24(3,4)18-11-10-17-12-16-8-6-7-9-19(16)22(25)20(17)13-18/h6-13,15H,5,14H2,1-4H3. The molecule has 0 amide bonds. The van der Waals surface area contributed by atoms with Gasteiger partial charge in [0.15, 0.2) is 6.61 Å². The van der Waals surface area contributed by atoms with Crippen LogP contribution in [0.2, 0.25) is 5.02 Å².